The Labute approximate surface area is 213 Å². The van der Waals surface area contributed by atoms with E-state index >= 15 is 0 Å². The number of hydrogen-bond donors (Lipinski definition) is 8. The molecule has 9 N–H and O–H groups in total. The highest BCUT2D eigenvalue weighted by Gasteiger charge is 2.40. The number of aliphatic carboxylic acids is 1. The normalized spacial score (nSPS) is 23.3. The fourth-order valence-corrected chi connectivity index (χ4v) is 4.37. The van der Waals surface area contributed by atoms with Crippen LogP contribution in [0, 0.1) is 0 Å². The molecule has 2 aliphatic rings. The Hall–Kier alpha value is -3.30. The lowest BCUT2D eigenvalue weighted by molar-refractivity contribution is -0.146. The molecule has 2 fully saturated rings. The van der Waals surface area contributed by atoms with Gasteiger partial charge in [0.15, 0.2) is 6.04 Å². The number of carbonyl (C=O) groups excluding carboxylic acids is 5. The first-order valence-electron chi connectivity index (χ1n) is 12.2. The molecular weight excluding hydrogens is 492 g/mol. The Morgan fingerprint density at radius 3 is 2.08 bits per heavy atom. The van der Waals surface area contributed by atoms with Crippen LogP contribution < -0.4 is 27.0 Å². The second-order valence-corrected chi connectivity index (χ2v) is 9.36. The minimum Gasteiger partial charge on any atom is -0.480 e. The van der Waals surface area contributed by atoms with Crippen molar-refractivity contribution in [1.82, 2.24) is 26.2 Å². The van der Waals surface area contributed by atoms with Crippen LogP contribution in [0.15, 0.2) is 0 Å². The Bertz CT molecular complexity index is 890. The average Bonchev–Trinajstić information content (AvgIpc) is 3.51. The topological polar surface area (TPSA) is 240 Å². The number of nitrogens with two attached hydrogens (primary N) is 1. The summed E-state index contributed by atoms with van der Waals surface area (Å²) >= 11 is 0. The van der Waals surface area contributed by atoms with E-state index in [9.17, 15) is 39.0 Å². The third-order valence-corrected chi connectivity index (χ3v) is 6.34. The lowest BCUT2D eigenvalue weighted by atomic mass is 10.1. The summed E-state index contributed by atoms with van der Waals surface area (Å²) in [5.74, 6) is -5.52. The summed E-state index contributed by atoms with van der Waals surface area (Å²) in [4.78, 5) is 75.7. The standard InChI is InChI=1S/C22H36N6O9/c1-10(29)16(20(34)27-17(11(2)30)22(36)37)26-18(32)13(9-15(23)31)25-19(33)14-6-4-8-28(14)21(35)12-5-3-7-24-12/h10-14,16-17,24,29-30H,3-9H2,1-2H3,(H2,23,31)(H,25,33)(H,26,32)(H,27,34)(H,36,37)/t10-,11-,12+,13+,14+,16+,17+/m1/s1. The quantitative estimate of drug-likeness (QED) is 0.122. The van der Waals surface area contributed by atoms with Crippen molar-refractivity contribution in [2.45, 2.75) is 88.4 Å². The van der Waals surface area contributed by atoms with Gasteiger partial charge in [-0.25, -0.2) is 4.79 Å². The van der Waals surface area contributed by atoms with E-state index in [-0.39, 0.29) is 11.9 Å². The third-order valence-electron chi connectivity index (χ3n) is 6.34. The van der Waals surface area contributed by atoms with Crippen LogP contribution >= 0.6 is 0 Å². The number of aliphatic hydroxyl groups excluding tert-OH is 2. The van der Waals surface area contributed by atoms with Crippen LogP contribution in [0.4, 0.5) is 0 Å². The zero-order chi connectivity index (χ0) is 27.9. The largest absolute Gasteiger partial charge is 0.480 e. The van der Waals surface area contributed by atoms with Crippen LogP contribution in [0.2, 0.25) is 0 Å². The van der Waals surface area contributed by atoms with E-state index in [4.69, 9.17) is 10.8 Å². The molecule has 0 spiro atoms. The van der Waals surface area contributed by atoms with Crippen molar-refractivity contribution in [3.8, 4) is 0 Å². The van der Waals surface area contributed by atoms with Crippen molar-refractivity contribution in [2.75, 3.05) is 13.1 Å². The second kappa shape index (κ2) is 13.3. The van der Waals surface area contributed by atoms with Crippen molar-refractivity contribution in [2.24, 2.45) is 5.73 Å². The first-order valence-corrected chi connectivity index (χ1v) is 12.2. The predicted octanol–water partition coefficient (Wildman–Crippen LogP) is -4.09. The molecular formula is C22H36N6O9. The van der Waals surface area contributed by atoms with Crippen LogP contribution in [0.25, 0.3) is 0 Å². The molecule has 0 aliphatic carbocycles. The minimum atomic E-state index is -1.72. The number of rotatable bonds is 12. The summed E-state index contributed by atoms with van der Waals surface area (Å²) in [5, 5.41) is 38.5. The molecule has 0 saturated carbocycles. The van der Waals surface area contributed by atoms with Gasteiger partial charge < -0.3 is 47.2 Å². The number of aliphatic hydroxyl groups is 2. The summed E-state index contributed by atoms with van der Waals surface area (Å²) in [6, 6.07) is -6.19. The summed E-state index contributed by atoms with van der Waals surface area (Å²) < 4.78 is 0. The number of nitrogens with zero attached hydrogens (tertiary/aromatic N) is 1. The summed E-state index contributed by atoms with van der Waals surface area (Å²) in [6.07, 6.45) is -1.22. The molecule has 0 unspecified atom stereocenters. The summed E-state index contributed by atoms with van der Waals surface area (Å²) in [7, 11) is 0. The average molecular weight is 529 g/mol. The number of hydrogen-bond acceptors (Lipinski definition) is 9. The van der Waals surface area contributed by atoms with Crippen molar-refractivity contribution in [3.05, 3.63) is 0 Å². The van der Waals surface area contributed by atoms with Gasteiger partial charge in [-0.15, -0.1) is 0 Å². The number of carboxylic acids is 1. The molecule has 0 aromatic heterocycles. The molecule has 0 aromatic carbocycles. The third kappa shape index (κ3) is 8.10. The Balaban J connectivity index is 2.12. The van der Waals surface area contributed by atoms with Gasteiger partial charge in [-0.2, -0.15) is 0 Å². The predicted molar refractivity (Wildman–Crippen MR) is 126 cm³/mol. The van der Waals surface area contributed by atoms with Crippen LogP contribution in [-0.2, 0) is 28.8 Å². The molecule has 15 heteroatoms. The smallest absolute Gasteiger partial charge is 0.328 e. The Kier molecular flexibility index (Phi) is 10.8. The van der Waals surface area contributed by atoms with Gasteiger partial charge in [-0.3, -0.25) is 24.0 Å². The van der Waals surface area contributed by atoms with E-state index in [0.29, 0.717) is 32.4 Å². The fourth-order valence-electron chi connectivity index (χ4n) is 4.37. The maximum atomic E-state index is 13.0. The Morgan fingerprint density at radius 2 is 1.57 bits per heavy atom. The lowest BCUT2D eigenvalue weighted by Crippen LogP contribution is -2.61. The van der Waals surface area contributed by atoms with Crippen molar-refractivity contribution in [3.63, 3.8) is 0 Å². The highest BCUT2D eigenvalue weighted by molar-refractivity contribution is 5.97. The SMILES string of the molecule is C[C@@H](O)[C@H](NC(=O)[C@@H](NC(=O)[C@H](CC(N)=O)NC(=O)[C@@H]1CCCN1C(=O)[C@@H]1CCCN1)[C@@H](C)O)C(=O)O. The van der Waals surface area contributed by atoms with Gasteiger partial charge in [-0.1, -0.05) is 0 Å². The number of primary amides is 1. The number of amides is 5. The lowest BCUT2D eigenvalue weighted by Gasteiger charge is -2.29. The van der Waals surface area contributed by atoms with E-state index < -0.39 is 72.4 Å². The van der Waals surface area contributed by atoms with E-state index in [0.717, 1.165) is 20.3 Å². The molecule has 0 bridgehead atoms. The van der Waals surface area contributed by atoms with Gasteiger partial charge in [0.25, 0.3) is 0 Å². The second-order valence-electron chi connectivity index (χ2n) is 9.36. The summed E-state index contributed by atoms with van der Waals surface area (Å²) in [5.41, 5.74) is 5.24. The van der Waals surface area contributed by atoms with Gasteiger partial charge in [0.05, 0.1) is 24.7 Å². The first kappa shape index (κ1) is 29.9. The van der Waals surface area contributed by atoms with Crippen molar-refractivity contribution < 1.29 is 44.1 Å². The van der Waals surface area contributed by atoms with Gasteiger partial charge >= 0.3 is 5.97 Å². The van der Waals surface area contributed by atoms with E-state index in [2.05, 4.69) is 16.0 Å². The van der Waals surface area contributed by atoms with E-state index in [1.165, 1.54) is 4.90 Å². The van der Waals surface area contributed by atoms with Crippen LogP contribution in [0.3, 0.4) is 0 Å². The summed E-state index contributed by atoms with van der Waals surface area (Å²) in [6.45, 7) is 3.35. The molecule has 2 saturated heterocycles. The molecule has 2 heterocycles. The van der Waals surface area contributed by atoms with Gasteiger partial charge in [0, 0.05) is 6.54 Å². The molecule has 2 aliphatic heterocycles. The molecule has 2 rings (SSSR count). The maximum Gasteiger partial charge on any atom is 0.328 e. The van der Waals surface area contributed by atoms with Crippen molar-refractivity contribution >= 4 is 35.5 Å². The highest BCUT2D eigenvalue weighted by atomic mass is 16.4. The zero-order valence-corrected chi connectivity index (χ0v) is 20.8. The fraction of sp³-hybridized carbons (Fsp3) is 0.727. The monoisotopic (exact) mass is 528 g/mol. The molecule has 0 radical (unpaired) electrons. The van der Waals surface area contributed by atoms with Crippen LogP contribution in [0.5, 0.6) is 0 Å². The van der Waals surface area contributed by atoms with E-state index in [1.807, 2.05) is 5.32 Å². The molecule has 15 nitrogen and oxygen atoms in total. The molecule has 37 heavy (non-hydrogen) atoms. The zero-order valence-electron chi connectivity index (χ0n) is 20.8. The number of nitrogens with one attached hydrogen (secondary N) is 4. The molecule has 5 amide bonds. The minimum absolute atomic E-state index is 0.219. The van der Waals surface area contributed by atoms with Gasteiger partial charge in [-0.05, 0) is 46.1 Å². The molecule has 7 atom stereocenters. The number of carbonyl (C=O) groups is 6. The van der Waals surface area contributed by atoms with E-state index in [1.54, 1.807) is 0 Å². The number of carboxylic acid groups (broad SMARTS) is 1. The first-order chi connectivity index (χ1) is 17.3. The number of likely N-dealkylation sites (tertiary alicyclic amines) is 1. The van der Waals surface area contributed by atoms with Gasteiger partial charge in [0.2, 0.25) is 29.5 Å². The highest BCUT2D eigenvalue weighted by Crippen LogP contribution is 2.21. The van der Waals surface area contributed by atoms with Crippen molar-refractivity contribution in [1.29, 1.82) is 0 Å². The van der Waals surface area contributed by atoms with Gasteiger partial charge in [0.1, 0.15) is 18.1 Å². The van der Waals surface area contributed by atoms with Crippen LogP contribution in [0.1, 0.15) is 46.0 Å². The Morgan fingerprint density at radius 1 is 0.946 bits per heavy atom. The van der Waals surface area contributed by atoms with Crippen LogP contribution in [-0.4, -0.2) is 111 Å². The maximum absolute atomic E-state index is 13.0. The molecule has 208 valence electrons. The molecule has 0 aromatic rings.